The van der Waals surface area contributed by atoms with Crippen LogP contribution in [0.3, 0.4) is 0 Å². The van der Waals surface area contributed by atoms with Gasteiger partial charge in [-0.2, -0.15) is 0 Å². The van der Waals surface area contributed by atoms with Crippen LogP contribution in [-0.2, 0) is 0 Å². The van der Waals surface area contributed by atoms with Crippen molar-refractivity contribution in [2.24, 2.45) is 11.8 Å². The largest absolute Gasteiger partial charge is 0.393 e. The van der Waals surface area contributed by atoms with E-state index < -0.39 is 12.2 Å². The molecular weight excluding hydrogens is 152 g/mol. The van der Waals surface area contributed by atoms with Crippen LogP contribution in [0.25, 0.3) is 0 Å². The van der Waals surface area contributed by atoms with Crippen molar-refractivity contribution in [3.05, 3.63) is 0 Å². The van der Waals surface area contributed by atoms with E-state index in [4.69, 9.17) is 6.42 Å². The van der Waals surface area contributed by atoms with Crippen LogP contribution in [0, 0.1) is 24.2 Å². The summed E-state index contributed by atoms with van der Waals surface area (Å²) in [5.74, 6) is 2.40. The molecule has 0 spiro atoms. The molecule has 0 fully saturated rings. The molecule has 3 atom stereocenters. The number of terminal acetylenes is 1. The van der Waals surface area contributed by atoms with Gasteiger partial charge in [0.1, 0.15) is 6.10 Å². The van der Waals surface area contributed by atoms with Crippen molar-refractivity contribution in [3.8, 4) is 12.3 Å². The van der Waals surface area contributed by atoms with Crippen molar-refractivity contribution in [1.82, 2.24) is 0 Å². The van der Waals surface area contributed by atoms with Crippen LogP contribution in [0.5, 0.6) is 0 Å². The van der Waals surface area contributed by atoms with Gasteiger partial charge in [0.2, 0.25) is 0 Å². The van der Waals surface area contributed by atoms with Gasteiger partial charge in [0.15, 0.2) is 0 Å². The van der Waals surface area contributed by atoms with Gasteiger partial charge in [0, 0.05) is 5.92 Å². The number of hydrogen-bond acceptors (Lipinski definition) is 2. The van der Waals surface area contributed by atoms with Crippen LogP contribution < -0.4 is 0 Å². The minimum Gasteiger partial charge on any atom is -0.393 e. The zero-order valence-electron chi connectivity index (χ0n) is 7.99. The molecule has 2 nitrogen and oxygen atoms in total. The Morgan fingerprint density at radius 1 is 1.25 bits per heavy atom. The predicted octanol–water partition coefficient (Wildman–Crippen LogP) is 1.02. The lowest BCUT2D eigenvalue weighted by Crippen LogP contribution is -2.29. The van der Waals surface area contributed by atoms with Gasteiger partial charge in [0.25, 0.3) is 0 Å². The Bertz CT molecular complexity index is 158. The third kappa shape index (κ3) is 3.75. The molecule has 0 heterocycles. The third-order valence-corrected chi connectivity index (χ3v) is 1.99. The lowest BCUT2D eigenvalue weighted by molar-refractivity contribution is 0.0365. The molecule has 0 saturated carbocycles. The first-order valence-electron chi connectivity index (χ1n) is 4.31. The van der Waals surface area contributed by atoms with E-state index >= 15 is 0 Å². The minimum absolute atomic E-state index is 0.239. The van der Waals surface area contributed by atoms with E-state index in [9.17, 15) is 10.2 Å². The standard InChI is InChI=1S/C10H18O2/c1-5-9(11)8(4)10(12)6-7(2)3/h1,7-12H,6H2,2-4H3/t8-,9+,10+/m0/s1. The van der Waals surface area contributed by atoms with Crippen LogP contribution in [0.15, 0.2) is 0 Å². The van der Waals surface area contributed by atoms with Crippen molar-refractivity contribution in [2.75, 3.05) is 0 Å². The molecule has 0 bridgehead atoms. The number of hydrogen-bond donors (Lipinski definition) is 2. The molecule has 0 saturated heterocycles. The summed E-state index contributed by atoms with van der Waals surface area (Å²) >= 11 is 0. The second-order valence-corrected chi connectivity index (χ2v) is 3.67. The quantitative estimate of drug-likeness (QED) is 0.618. The van der Waals surface area contributed by atoms with Crippen molar-refractivity contribution in [1.29, 1.82) is 0 Å². The maximum Gasteiger partial charge on any atom is 0.119 e. The number of aliphatic hydroxyl groups excluding tert-OH is 2. The summed E-state index contributed by atoms with van der Waals surface area (Å²) < 4.78 is 0. The smallest absolute Gasteiger partial charge is 0.119 e. The van der Waals surface area contributed by atoms with Crippen LogP contribution in [0.1, 0.15) is 27.2 Å². The Kier molecular flexibility index (Phi) is 4.96. The second-order valence-electron chi connectivity index (χ2n) is 3.67. The van der Waals surface area contributed by atoms with Crippen LogP contribution in [0.2, 0.25) is 0 Å². The topological polar surface area (TPSA) is 40.5 Å². The highest BCUT2D eigenvalue weighted by Crippen LogP contribution is 2.15. The van der Waals surface area contributed by atoms with Crippen molar-refractivity contribution in [3.63, 3.8) is 0 Å². The first-order chi connectivity index (χ1) is 5.49. The summed E-state index contributed by atoms with van der Waals surface area (Å²) in [6.45, 7) is 5.81. The summed E-state index contributed by atoms with van der Waals surface area (Å²) in [5, 5.41) is 18.7. The van der Waals surface area contributed by atoms with E-state index in [0.29, 0.717) is 12.3 Å². The summed E-state index contributed by atoms with van der Waals surface area (Å²) in [4.78, 5) is 0. The van der Waals surface area contributed by atoms with Gasteiger partial charge in [0.05, 0.1) is 6.10 Å². The van der Waals surface area contributed by atoms with Gasteiger partial charge in [-0.25, -0.2) is 0 Å². The average molecular weight is 170 g/mol. The summed E-state index contributed by atoms with van der Waals surface area (Å²) in [5.41, 5.74) is 0. The van der Waals surface area contributed by atoms with Gasteiger partial charge < -0.3 is 10.2 Å². The van der Waals surface area contributed by atoms with Gasteiger partial charge in [-0.05, 0) is 12.3 Å². The molecule has 0 aromatic rings. The van der Waals surface area contributed by atoms with E-state index in [1.54, 1.807) is 6.92 Å². The minimum atomic E-state index is -0.834. The highest BCUT2D eigenvalue weighted by molar-refractivity contribution is 4.97. The molecule has 0 unspecified atom stereocenters. The van der Waals surface area contributed by atoms with Gasteiger partial charge >= 0.3 is 0 Å². The molecule has 0 aliphatic heterocycles. The highest BCUT2D eigenvalue weighted by Gasteiger charge is 2.21. The lowest BCUT2D eigenvalue weighted by atomic mass is 9.92. The molecular formula is C10H18O2. The molecule has 0 aromatic heterocycles. The number of rotatable bonds is 4. The average Bonchev–Trinajstić information content (AvgIpc) is 2.00. The summed E-state index contributed by atoms with van der Waals surface area (Å²) in [7, 11) is 0. The molecule has 0 radical (unpaired) electrons. The van der Waals surface area contributed by atoms with Gasteiger partial charge in [-0.3, -0.25) is 0 Å². The molecule has 70 valence electrons. The zero-order chi connectivity index (χ0) is 9.72. The van der Waals surface area contributed by atoms with Crippen molar-refractivity contribution in [2.45, 2.75) is 39.4 Å². The Balaban J connectivity index is 3.93. The molecule has 0 aromatic carbocycles. The fraction of sp³-hybridized carbons (Fsp3) is 0.800. The fourth-order valence-electron chi connectivity index (χ4n) is 1.06. The summed E-state index contributed by atoms with van der Waals surface area (Å²) in [6, 6.07) is 0. The maximum atomic E-state index is 9.53. The van der Waals surface area contributed by atoms with E-state index in [1.165, 1.54) is 0 Å². The molecule has 2 heteroatoms. The normalized spacial score (nSPS) is 18.4. The summed E-state index contributed by atoms with van der Waals surface area (Å²) in [6.07, 6.45) is 4.37. The predicted molar refractivity (Wildman–Crippen MR) is 49.5 cm³/mol. The molecule has 0 amide bonds. The van der Waals surface area contributed by atoms with E-state index in [1.807, 2.05) is 13.8 Å². The highest BCUT2D eigenvalue weighted by atomic mass is 16.3. The Labute approximate surface area is 74.6 Å². The molecule has 2 N–H and O–H groups in total. The molecule has 0 aliphatic rings. The Hall–Kier alpha value is -0.520. The van der Waals surface area contributed by atoms with E-state index in [-0.39, 0.29) is 5.92 Å². The van der Waals surface area contributed by atoms with E-state index in [0.717, 1.165) is 0 Å². The molecule has 12 heavy (non-hydrogen) atoms. The second kappa shape index (κ2) is 5.18. The van der Waals surface area contributed by atoms with Crippen LogP contribution >= 0.6 is 0 Å². The Morgan fingerprint density at radius 2 is 1.75 bits per heavy atom. The van der Waals surface area contributed by atoms with Crippen LogP contribution in [0.4, 0.5) is 0 Å². The first kappa shape index (κ1) is 11.5. The Morgan fingerprint density at radius 3 is 2.08 bits per heavy atom. The zero-order valence-corrected chi connectivity index (χ0v) is 7.99. The first-order valence-corrected chi connectivity index (χ1v) is 4.31. The van der Waals surface area contributed by atoms with Crippen molar-refractivity contribution < 1.29 is 10.2 Å². The number of aliphatic hydroxyl groups is 2. The third-order valence-electron chi connectivity index (χ3n) is 1.99. The van der Waals surface area contributed by atoms with Crippen LogP contribution in [-0.4, -0.2) is 22.4 Å². The lowest BCUT2D eigenvalue weighted by Gasteiger charge is -2.21. The van der Waals surface area contributed by atoms with Gasteiger partial charge in [-0.15, -0.1) is 6.42 Å². The molecule has 0 rings (SSSR count). The monoisotopic (exact) mass is 170 g/mol. The fourth-order valence-corrected chi connectivity index (χ4v) is 1.06. The van der Waals surface area contributed by atoms with Crippen molar-refractivity contribution >= 4 is 0 Å². The maximum absolute atomic E-state index is 9.53. The SMILES string of the molecule is C#C[C@@H](O)[C@H](C)[C@H](O)CC(C)C. The molecule has 0 aliphatic carbocycles. The van der Waals surface area contributed by atoms with E-state index in [2.05, 4.69) is 5.92 Å². The van der Waals surface area contributed by atoms with Gasteiger partial charge in [-0.1, -0.05) is 26.7 Å².